The Labute approximate surface area is 157 Å². The molecule has 0 atom stereocenters. The van der Waals surface area contributed by atoms with Gasteiger partial charge >= 0.3 is 0 Å². The van der Waals surface area contributed by atoms with E-state index in [-0.39, 0.29) is 4.90 Å². The SMILES string of the molecule is O=S(=O)(Nc1cccc2c1CCNC2)c1ccc2oc3ccccc3c2c1. The van der Waals surface area contributed by atoms with Gasteiger partial charge < -0.3 is 9.73 Å². The molecular weight excluding hydrogens is 360 g/mol. The summed E-state index contributed by atoms with van der Waals surface area (Å²) in [5.41, 5.74) is 4.29. The van der Waals surface area contributed by atoms with Crippen molar-refractivity contribution >= 4 is 37.6 Å². The van der Waals surface area contributed by atoms with Gasteiger partial charge in [-0.3, -0.25) is 4.72 Å². The second kappa shape index (κ2) is 6.11. The molecule has 4 aromatic rings. The second-order valence-electron chi connectivity index (χ2n) is 6.73. The lowest BCUT2D eigenvalue weighted by Crippen LogP contribution is -2.25. The summed E-state index contributed by atoms with van der Waals surface area (Å²) < 4.78 is 34.6. The largest absolute Gasteiger partial charge is 0.456 e. The van der Waals surface area contributed by atoms with E-state index in [1.54, 1.807) is 18.2 Å². The van der Waals surface area contributed by atoms with Crippen molar-refractivity contribution in [1.82, 2.24) is 5.32 Å². The van der Waals surface area contributed by atoms with Crippen molar-refractivity contribution in [1.29, 1.82) is 0 Å². The van der Waals surface area contributed by atoms with Crippen LogP contribution in [0.1, 0.15) is 11.1 Å². The van der Waals surface area contributed by atoms with E-state index in [4.69, 9.17) is 4.42 Å². The summed E-state index contributed by atoms with van der Waals surface area (Å²) in [5.74, 6) is 0. The number of nitrogens with one attached hydrogen (secondary N) is 2. The Bertz CT molecular complexity index is 1280. The molecule has 2 N–H and O–H groups in total. The Kier molecular flexibility index (Phi) is 3.70. The van der Waals surface area contributed by atoms with Crippen LogP contribution in [0, 0.1) is 0 Å². The van der Waals surface area contributed by atoms with Crippen molar-refractivity contribution < 1.29 is 12.8 Å². The molecule has 2 heterocycles. The Hall–Kier alpha value is -2.83. The topological polar surface area (TPSA) is 71.3 Å². The van der Waals surface area contributed by atoms with Gasteiger partial charge in [0.1, 0.15) is 11.2 Å². The fourth-order valence-electron chi connectivity index (χ4n) is 3.70. The lowest BCUT2D eigenvalue weighted by molar-refractivity contribution is 0.601. The van der Waals surface area contributed by atoms with Crippen LogP contribution in [0.15, 0.2) is 70.0 Å². The molecule has 1 aromatic heterocycles. The van der Waals surface area contributed by atoms with Crippen LogP contribution in [0.3, 0.4) is 0 Å². The molecule has 1 aliphatic rings. The van der Waals surface area contributed by atoms with E-state index in [9.17, 15) is 8.42 Å². The zero-order chi connectivity index (χ0) is 18.4. The number of rotatable bonds is 3. The van der Waals surface area contributed by atoms with E-state index in [2.05, 4.69) is 10.0 Å². The third-order valence-electron chi connectivity index (χ3n) is 5.04. The number of furan rings is 1. The zero-order valence-corrected chi connectivity index (χ0v) is 15.3. The molecule has 5 nitrogen and oxygen atoms in total. The molecule has 0 bridgehead atoms. The third kappa shape index (κ3) is 2.78. The van der Waals surface area contributed by atoms with Crippen LogP contribution in [0.25, 0.3) is 21.9 Å². The maximum absolute atomic E-state index is 13.0. The maximum Gasteiger partial charge on any atom is 0.261 e. The molecule has 0 amide bonds. The van der Waals surface area contributed by atoms with Crippen LogP contribution in [0.4, 0.5) is 5.69 Å². The second-order valence-corrected chi connectivity index (χ2v) is 8.41. The molecule has 0 unspecified atom stereocenters. The van der Waals surface area contributed by atoms with Gasteiger partial charge in [-0.2, -0.15) is 0 Å². The molecular formula is C21H18N2O3S. The van der Waals surface area contributed by atoms with E-state index in [1.165, 1.54) is 0 Å². The zero-order valence-electron chi connectivity index (χ0n) is 14.5. The molecule has 6 heteroatoms. The van der Waals surface area contributed by atoms with E-state index < -0.39 is 10.0 Å². The highest BCUT2D eigenvalue weighted by molar-refractivity contribution is 7.92. The number of hydrogen-bond acceptors (Lipinski definition) is 4. The molecule has 0 saturated heterocycles. The number of anilines is 1. The highest BCUT2D eigenvalue weighted by Crippen LogP contribution is 2.31. The lowest BCUT2D eigenvalue weighted by atomic mass is 9.99. The molecule has 27 heavy (non-hydrogen) atoms. The summed E-state index contributed by atoms with van der Waals surface area (Å²) >= 11 is 0. The van der Waals surface area contributed by atoms with Crippen molar-refractivity contribution in [3.05, 3.63) is 71.8 Å². The van der Waals surface area contributed by atoms with E-state index in [0.717, 1.165) is 47.0 Å². The predicted molar refractivity (Wildman–Crippen MR) is 106 cm³/mol. The first kappa shape index (κ1) is 16.4. The fraction of sp³-hybridized carbons (Fsp3) is 0.143. The van der Waals surface area contributed by atoms with Crippen molar-refractivity contribution in [3.63, 3.8) is 0 Å². The summed E-state index contributed by atoms with van der Waals surface area (Å²) in [6, 6.07) is 18.4. The van der Waals surface area contributed by atoms with Crippen molar-refractivity contribution in [3.8, 4) is 0 Å². The summed E-state index contributed by atoms with van der Waals surface area (Å²) in [6.45, 7) is 1.61. The predicted octanol–water partition coefficient (Wildman–Crippen LogP) is 4.03. The molecule has 0 fully saturated rings. The standard InChI is InChI=1S/C21H18N2O3S/c24-27(25,23-19-6-3-4-14-13-22-11-10-16(14)19)15-8-9-21-18(12-15)17-5-1-2-7-20(17)26-21/h1-9,12,22-23H,10-11,13H2. The quantitative estimate of drug-likeness (QED) is 0.565. The van der Waals surface area contributed by atoms with Gasteiger partial charge in [0.25, 0.3) is 10.0 Å². The minimum Gasteiger partial charge on any atom is -0.456 e. The van der Waals surface area contributed by atoms with Crippen LogP contribution in [-0.2, 0) is 23.0 Å². The molecule has 1 aliphatic heterocycles. The van der Waals surface area contributed by atoms with Gasteiger partial charge in [0.15, 0.2) is 0 Å². The highest BCUT2D eigenvalue weighted by Gasteiger charge is 2.20. The molecule has 0 saturated carbocycles. The average molecular weight is 378 g/mol. The van der Waals surface area contributed by atoms with Gasteiger partial charge in [-0.25, -0.2) is 8.42 Å². The number of sulfonamides is 1. The molecule has 0 radical (unpaired) electrons. The summed E-state index contributed by atoms with van der Waals surface area (Å²) in [7, 11) is -3.70. The Balaban J connectivity index is 1.58. The van der Waals surface area contributed by atoms with Gasteiger partial charge in [0.05, 0.1) is 10.6 Å². The van der Waals surface area contributed by atoms with Crippen LogP contribution in [0.5, 0.6) is 0 Å². The van der Waals surface area contributed by atoms with E-state index >= 15 is 0 Å². The molecule has 5 rings (SSSR count). The summed E-state index contributed by atoms with van der Waals surface area (Å²) in [4.78, 5) is 0.230. The van der Waals surface area contributed by atoms with Gasteiger partial charge in [0, 0.05) is 17.3 Å². The van der Waals surface area contributed by atoms with Crippen molar-refractivity contribution in [2.45, 2.75) is 17.9 Å². The number of benzene rings is 3. The van der Waals surface area contributed by atoms with Gasteiger partial charge in [-0.15, -0.1) is 0 Å². The first-order valence-electron chi connectivity index (χ1n) is 8.87. The molecule has 0 aliphatic carbocycles. The number of para-hydroxylation sites is 1. The van der Waals surface area contributed by atoms with E-state index in [1.807, 2.05) is 42.5 Å². The van der Waals surface area contributed by atoms with Gasteiger partial charge in [-0.05, 0) is 54.4 Å². The smallest absolute Gasteiger partial charge is 0.261 e. The fourth-order valence-corrected chi connectivity index (χ4v) is 4.82. The Morgan fingerprint density at radius 2 is 1.78 bits per heavy atom. The lowest BCUT2D eigenvalue weighted by Gasteiger charge is -2.21. The molecule has 136 valence electrons. The first-order chi connectivity index (χ1) is 13.1. The van der Waals surface area contributed by atoms with Crippen molar-refractivity contribution in [2.75, 3.05) is 11.3 Å². The number of hydrogen-bond donors (Lipinski definition) is 2. The number of fused-ring (bicyclic) bond motifs is 4. The minimum atomic E-state index is -3.70. The van der Waals surface area contributed by atoms with E-state index in [0.29, 0.717) is 11.3 Å². The molecule has 3 aromatic carbocycles. The minimum absolute atomic E-state index is 0.230. The van der Waals surface area contributed by atoms with Crippen LogP contribution >= 0.6 is 0 Å². The van der Waals surface area contributed by atoms with Crippen molar-refractivity contribution in [2.24, 2.45) is 0 Å². The Morgan fingerprint density at radius 3 is 2.70 bits per heavy atom. The normalized spacial score (nSPS) is 14.4. The summed E-state index contributed by atoms with van der Waals surface area (Å²) in [6.07, 6.45) is 0.805. The first-order valence-corrected chi connectivity index (χ1v) is 10.4. The van der Waals surface area contributed by atoms with Gasteiger partial charge in [-0.1, -0.05) is 30.3 Å². The third-order valence-corrected chi connectivity index (χ3v) is 6.41. The summed E-state index contributed by atoms with van der Waals surface area (Å²) in [5, 5.41) is 5.02. The van der Waals surface area contributed by atoms with Gasteiger partial charge in [0.2, 0.25) is 0 Å². The Morgan fingerprint density at radius 1 is 0.926 bits per heavy atom. The monoisotopic (exact) mass is 378 g/mol. The average Bonchev–Trinajstić information content (AvgIpc) is 3.06. The van der Waals surface area contributed by atoms with Crippen LogP contribution in [-0.4, -0.2) is 15.0 Å². The highest BCUT2D eigenvalue weighted by atomic mass is 32.2. The van der Waals surface area contributed by atoms with Crippen LogP contribution < -0.4 is 10.0 Å². The maximum atomic E-state index is 13.0. The molecule has 0 spiro atoms. The van der Waals surface area contributed by atoms with Crippen LogP contribution in [0.2, 0.25) is 0 Å².